The smallest absolute Gasteiger partial charge is 0.133 e. The van der Waals surface area contributed by atoms with Crippen LogP contribution in [0.3, 0.4) is 0 Å². The third kappa shape index (κ3) is 0.692. The molecule has 0 saturated heterocycles. The summed E-state index contributed by atoms with van der Waals surface area (Å²) in [6, 6.07) is 0. The fraction of sp³-hybridized carbons (Fsp3) is 0.900. The van der Waals surface area contributed by atoms with Gasteiger partial charge in [-0.25, -0.2) is 0 Å². The number of hydrogen-bond donors (Lipinski definition) is 0. The highest BCUT2D eigenvalue weighted by Gasteiger charge is 2.51. The standard InChI is InChI=1S/C10H14O/c11-8-4-9-6-1-2-7(3-6)10(9)5-8/h6-7,9-10H,1-5H2/t6-,7+,9+,10-. The van der Waals surface area contributed by atoms with Gasteiger partial charge in [-0.1, -0.05) is 0 Å². The second-order valence-electron chi connectivity index (χ2n) is 4.61. The van der Waals surface area contributed by atoms with E-state index in [1.54, 1.807) is 0 Å². The van der Waals surface area contributed by atoms with E-state index in [0.29, 0.717) is 5.78 Å². The van der Waals surface area contributed by atoms with Crippen LogP contribution in [0.4, 0.5) is 0 Å². The molecule has 2 bridgehead atoms. The van der Waals surface area contributed by atoms with E-state index in [1.807, 2.05) is 0 Å². The minimum absolute atomic E-state index is 0.552. The van der Waals surface area contributed by atoms with Gasteiger partial charge in [0.25, 0.3) is 0 Å². The van der Waals surface area contributed by atoms with Crippen LogP contribution < -0.4 is 0 Å². The Kier molecular flexibility index (Phi) is 1.06. The fourth-order valence-corrected chi connectivity index (χ4v) is 3.77. The molecule has 0 aromatic carbocycles. The molecule has 0 unspecified atom stereocenters. The lowest BCUT2D eigenvalue weighted by Gasteiger charge is -2.22. The van der Waals surface area contributed by atoms with Crippen LogP contribution in [0.2, 0.25) is 0 Å². The summed E-state index contributed by atoms with van der Waals surface area (Å²) < 4.78 is 0. The Morgan fingerprint density at radius 1 is 1.00 bits per heavy atom. The molecule has 3 saturated carbocycles. The van der Waals surface area contributed by atoms with E-state index in [-0.39, 0.29) is 0 Å². The summed E-state index contributed by atoms with van der Waals surface area (Å²) in [5.74, 6) is 4.13. The summed E-state index contributed by atoms with van der Waals surface area (Å²) in [6.45, 7) is 0. The summed E-state index contributed by atoms with van der Waals surface area (Å²) in [5, 5.41) is 0. The van der Waals surface area contributed by atoms with Crippen molar-refractivity contribution in [3.63, 3.8) is 0 Å². The van der Waals surface area contributed by atoms with Gasteiger partial charge in [-0.3, -0.25) is 4.79 Å². The number of hydrogen-bond acceptors (Lipinski definition) is 1. The Hall–Kier alpha value is -0.330. The van der Waals surface area contributed by atoms with Crippen LogP contribution in [0.1, 0.15) is 32.1 Å². The first kappa shape index (κ1) is 6.22. The number of fused-ring (bicyclic) bond motifs is 5. The lowest BCUT2D eigenvalue weighted by molar-refractivity contribution is -0.118. The predicted octanol–water partition coefficient (Wildman–Crippen LogP) is 2.01. The van der Waals surface area contributed by atoms with Crippen LogP contribution >= 0.6 is 0 Å². The Balaban J connectivity index is 1.92. The summed E-state index contributed by atoms with van der Waals surface area (Å²) in [7, 11) is 0. The van der Waals surface area contributed by atoms with Gasteiger partial charge in [0.1, 0.15) is 5.78 Å². The molecule has 3 aliphatic carbocycles. The van der Waals surface area contributed by atoms with Gasteiger partial charge in [0.05, 0.1) is 0 Å². The maximum Gasteiger partial charge on any atom is 0.133 e. The lowest BCUT2D eigenvalue weighted by atomic mass is 9.82. The average Bonchev–Trinajstić information content (AvgIpc) is 2.53. The van der Waals surface area contributed by atoms with E-state index < -0.39 is 0 Å². The zero-order chi connectivity index (χ0) is 7.42. The molecule has 4 atom stereocenters. The maximum atomic E-state index is 11.2. The van der Waals surface area contributed by atoms with Crippen molar-refractivity contribution < 1.29 is 4.79 Å². The molecule has 3 rings (SSSR count). The molecule has 0 radical (unpaired) electrons. The molecule has 3 aliphatic rings. The van der Waals surface area contributed by atoms with Gasteiger partial charge in [-0.05, 0) is 42.9 Å². The highest BCUT2D eigenvalue weighted by molar-refractivity contribution is 5.81. The molecule has 11 heavy (non-hydrogen) atoms. The molecular weight excluding hydrogens is 136 g/mol. The van der Waals surface area contributed by atoms with Crippen molar-refractivity contribution in [2.45, 2.75) is 32.1 Å². The van der Waals surface area contributed by atoms with Crippen LogP contribution in [-0.4, -0.2) is 5.78 Å². The lowest BCUT2D eigenvalue weighted by Crippen LogP contribution is -2.15. The first-order valence-electron chi connectivity index (χ1n) is 4.86. The summed E-state index contributed by atoms with van der Waals surface area (Å²) >= 11 is 0. The van der Waals surface area contributed by atoms with E-state index in [2.05, 4.69) is 0 Å². The summed E-state index contributed by atoms with van der Waals surface area (Å²) in [6.07, 6.45) is 6.19. The van der Waals surface area contributed by atoms with E-state index in [9.17, 15) is 4.79 Å². The van der Waals surface area contributed by atoms with E-state index >= 15 is 0 Å². The molecule has 0 N–H and O–H groups in total. The van der Waals surface area contributed by atoms with Crippen molar-refractivity contribution >= 4 is 5.78 Å². The number of rotatable bonds is 0. The molecule has 0 amide bonds. The normalized spacial score (nSPS) is 53.6. The molecule has 60 valence electrons. The minimum atomic E-state index is 0.552. The third-order valence-corrected chi connectivity index (χ3v) is 4.20. The second-order valence-corrected chi connectivity index (χ2v) is 4.61. The second kappa shape index (κ2) is 1.88. The van der Waals surface area contributed by atoms with E-state index in [1.165, 1.54) is 19.3 Å². The number of ketones is 1. The summed E-state index contributed by atoms with van der Waals surface area (Å²) in [4.78, 5) is 11.2. The predicted molar refractivity (Wildman–Crippen MR) is 42.1 cm³/mol. The molecule has 0 heterocycles. The number of Topliss-reactive ketones (excluding diaryl/α,β-unsaturated/α-hetero) is 1. The maximum absolute atomic E-state index is 11.2. The Morgan fingerprint density at radius 2 is 1.55 bits per heavy atom. The van der Waals surface area contributed by atoms with Crippen molar-refractivity contribution in [3.8, 4) is 0 Å². The molecule has 1 nitrogen and oxygen atoms in total. The highest BCUT2D eigenvalue weighted by Crippen LogP contribution is 2.57. The van der Waals surface area contributed by atoms with Gasteiger partial charge in [0.15, 0.2) is 0 Å². The first-order chi connectivity index (χ1) is 5.34. The highest BCUT2D eigenvalue weighted by atomic mass is 16.1. The van der Waals surface area contributed by atoms with Crippen molar-refractivity contribution in [1.82, 2.24) is 0 Å². The fourth-order valence-electron chi connectivity index (χ4n) is 3.77. The van der Waals surface area contributed by atoms with Crippen LogP contribution in [0.5, 0.6) is 0 Å². The Morgan fingerprint density at radius 3 is 2.09 bits per heavy atom. The van der Waals surface area contributed by atoms with Gasteiger partial charge in [0.2, 0.25) is 0 Å². The van der Waals surface area contributed by atoms with Gasteiger partial charge in [-0.15, -0.1) is 0 Å². The molecule has 3 fully saturated rings. The molecule has 0 aromatic rings. The average molecular weight is 150 g/mol. The zero-order valence-corrected chi connectivity index (χ0v) is 6.75. The minimum Gasteiger partial charge on any atom is -0.300 e. The van der Waals surface area contributed by atoms with Crippen LogP contribution in [-0.2, 0) is 4.79 Å². The monoisotopic (exact) mass is 150 g/mol. The zero-order valence-electron chi connectivity index (χ0n) is 6.75. The quantitative estimate of drug-likeness (QED) is 0.516. The molecule has 1 heteroatoms. The van der Waals surface area contributed by atoms with Crippen LogP contribution in [0, 0.1) is 23.7 Å². The van der Waals surface area contributed by atoms with Gasteiger partial charge in [-0.2, -0.15) is 0 Å². The Bertz CT molecular complexity index is 189. The molecular formula is C10H14O. The van der Waals surface area contributed by atoms with E-state index in [0.717, 1.165) is 36.5 Å². The van der Waals surface area contributed by atoms with Crippen LogP contribution in [0.25, 0.3) is 0 Å². The van der Waals surface area contributed by atoms with Gasteiger partial charge in [0, 0.05) is 12.8 Å². The van der Waals surface area contributed by atoms with Crippen molar-refractivity contribution in [2.75, 3.05) is 0 Å². The molecule has 0 aromatic heterocycles. The van der Waals surface area contributed by atoms with E-state index in [4.69, 9.17) is 0 Å². The van der Waals surface area contributed by atoms with Crippen LogP contribution in [0.15, 0.2) is 0 Å². The summed E-state index contributed by atoms with van der Waals surface area (Å²) in [5.41, 5.74) is 0. The first-order valence-corrected chi connectivity index (χ1v) is 4.86. The SMILES string of the molecule is O=C1C[C@@H]2[C@H]3CC[C@H](C3)[C@@H]2C1. The van der Waals surface area contributed by atoms with Crippen molar-refractivity contribution in [3.05, 3.63) is 0 Å². The van der Waals surface area contributed by atoms with Crippen molar-refractivity contribution in [1.29, 1.82) is 0 Å². The molecule has 0 aliphatic heterocycles. The number of carbonyl (C=O) groups excluding carboxylic acids is 1. The third-order valence-electron chi connectivity index (χ3n) is 4.20. The van der Waals surface area contributed by atoms with Crippen molar-refractivity contribution in [2.24, 2.45) is 23.7 Å². The topological polar surface area (TPSA) is 17.1 Å². The Labute approximate surface area is 67.2 Å². The van der Waals surface area contributed by atoms with Gasteiger partial charge < -0.3 is 0 Å². The number of carbonyl (C=O) groups is 1. The molecule has 0 spiro atoms. The van der Waals surface area contributed by atoms with Gasteiger partial charge >= 0.3 is 0 Å². The largest absolute Gasteiger partial charge is 0.300 e.